The number of carbonyl (C=O) groups excluding carboxylic acids is 1. The van der Waals surface area contributed by atoms with Crippen LogP contribution in [-0.4, -0.2) is 29.8 Å². The number of non-ortho nitro benzene ring substituents is 1. The van der Waals surface area contributed by atoms with E-state index in [1.807, 2.05) is 32.0 Å². The van der Waals surface area contributed by atoms with Gasteiger partial charge in [0.1, 0.15) is 6.04 Å². The van der Waals surface area contributed by atoms with Crippen LogP contribution in [-0.2, 0) is 4.79 Å². The summed E-state index contributed by atoms with van der Waals surface area (Å²) in [5.41, 5.74) is 3.49. The van der Waals surface area contributed by atoms with Crippen molar-refractivity contribution < 1.29 is 9.72 Å². The normalized spacial score (nSPS) is 12.0. The standard InChI is InChI=1S/C18H21N3O3/c1-12-6-5-7-13(2)16(12)19-18(22)17(20(3)4)14-8-10-15(11-9-14)21(23)24/h5-11,17H,1-4H3,(H,19,22). The second-order valence-corrected chi connectivity index (χ2v) is 5.97. The number of anilines is 1. The molecule has 0 aromatic heterocycles. The predicted octanol–water partition coefficient (Wildman–Crippen LogP) is 3.45. The van der Waals surface area contributed by atoms with Crippen LogP contribution in [0.25, 0.3) is 0 Å². The highest BCUT2D eigenvalue weighted by Gasteiger charge is 2.24. The van der Waals surface area contributed by atoms with Gasteiger partial charge in [-0.15, -0.1) is 0 Å². The molecule has 2 rings (SSSR count). The summed E-state index contributed by atoms with van der Waals surface area (Å²) in [5, 5.41) is 13.8. The quantitative estimate of drug-likeness (QED) is 0.674. The minimum absolute atomic E-state index is 0.00594. The highest BCUT2D eigenvalue weighted by atomic mass is 16.6. The van der Waals surface area contributed by atoms with Crippen LogP contribution in [0.15, 0.2) is 42.5 Å². The summed E-state index contributed by atoms with van der Waals surface area (Å²) in [7, 11) is 3.60. The third-order valence-electron chi connectivity index (χ3n) is 3.91. The Bertz CT molecular complexity index is 734. The minimum atomic E-state index is -0.537. The lowest BCUT2D eigenvalue weighted by Crippen LogP contribution is -2.32. The van der Waals surface area contributed by atoms with E-state index in [1.165, 1.54) is 12.1 Å². The van der Waals surface area contributed by atoms with Crippen molar-refractivity contribution in [2.24, 2.45) is 0 Å². The maximum atomic E-state index is 12.8. The van der Waals surface area contributed by atoms with Crippen molar-refractivity contribution in [3.8, 4) is 0 Å². The number of nitrogens with zero attached hydrogens (tertiary/aromatic N) is 2. The number of rotatable bonds is 5. The minimum Gasteiger partial charge on any atom is -0.324 e. The highest BCUT2D eigenvalue weighted by Crippen LogP contribution is 2.25. The predicted molar refractivity (Wildman–Crippen MR) is 94.1 cm³/mol. The molecule has 6 nitrogen and oxygen atoms in total. The van der Waals surface area contributed by atoms with E-state index in [2.05, 4.69) is 5.32 Å². The Morgan fingerprint density at radius 3 is 2.08 bits per heavy atom. The summed E-state index contributed by atoms with van der Waals surface area (Å²) in [6, 6.07) is 11.4. The van der Waals surface area contributed by atoms with Gasteiger partial charge in [-0.05, 0) is 44.6 Å². The first kappa shape index (κ1) is 17.6. The Balaban J connectivity index is 2.30. The van der Waals surface area contributed by atoms with Gasteiger partial charge in [0.2, 0.25) is 5.91 Å². The molecule has 126 valence electrons. The molecule has 0 aliphatic rings. The maximum Gasteiger partial charge on any atom is 0.269 e. The summed E-state index contributed by atoms with van der Waals surface area (Å²) in [5.74, 6) is -0.175. The number of nitro benzene ring substituents is 1. The topological polar surface area (TPSA) is 75.5 Å². The Morgan fingerprint density at radius 2 is 1.62 bits per heavy atom. The van der Waals surface area contributed by atoms with E-state index in [4.69, 9.17) is 0 Å². The molecule has 0 spiro atoms. The van der Waals surface area contributed by atoms with Crippen LogP contribution in [0.2, 0.25) is 0 Å². The Kier molecular flexibility index (Phi) is 5.31. The summed E-state index contributed by atoms with van der Waals surface area (Å²) >= 11 is 0. The lowest BCUT2D eigenvalue weighted by Gasteiger charge is -2.24. The Hall–Kier alpha value is -2.73. The van der Waals surface area contributed by atoms with Crippen molar-refractivity contribution in [3.63, 3.8) is 0 Å². The van der Waals surface area contributed by atoms with E-state index in [0.29, 0.717) is 5.56 Å². The molecular formula is C18H21N3O3. The monoisotopic (exact) mass is 327 g/mol. The third kappa shape index (κ3) is 3.78. The van der Waals surface area contributed by atoms with Crippen LogP contribution < -0.4 is 5.32 Å². The smallest absolute Gasteiger partial charge is 0.269 e. The summed E-state index contributed by atoms with van der Waals surface area (Å²) in [4.78, 5) is 24.9. The van der Waals surface area contributed by atoms with Crippen LogP contribution in [0.4, 0.5) is 11.4 Å². The van der Waals surface area contributed by atoms with Crippen LogP contribution in [0.3, 0.4) is 0 Å². The molecule has 2 aromatic carbocycles. The molecular weight excluding hydrogens is 306 g/mol. The molecule has 1 atom stereocenters. The third-order valence-corrected chi connectivity index (χ3v) is 3.91. The van der Waals surface area contributed by atoms with Crippen LogP contribution in [0, 0.1) is 24.0 Å². The Morgan fingerprint density at radius 1 is 1.08 bits per heavy atom. The van der Waals surface area contributed by atoms with Gasteiger partial charge < -0.3 is 5.32 Å². The molecule has 2 aromatic rings. The van der Waals surface area contributed by atoms with Gasteiger partial charge in [0.25, 0.3) is 5.69 Å². The molecule has 0 saturated carbocycles. The van der Waals surface area contributed by atoms with E-state index in [0.717, 1.165) is 16.8 Å². The van der Waals surface area contributed by atoms with Crippen LogP contribution >= 0.6 is 0 Å². The fourth-order valence-corrected chi connectivity index (χ4v) is 2.67. The van der Waals surface area contributed by atoms with Gasteiger partial charge in [-0.3, -0.25) is 19.8 Å². The van der Waals surface area contributed by atoms with Crippen LogP contribution in [0.1, 0.15) is 22.7 Å². The van der Waals surface area contributed by atoms with Gasteiger partial charge >= 0.3 is 0 Å². The van der Waals surface area contributed by atoms with Gasteiger partial charge in [0.05, 0.1) is 4.92 Å². The first-order valence-corrected chi connectivity index (χ1v) is 7.59. The number of amides is 1. The first-order valence-electron chi connectivity index (χ1n) is 7.59. The molecule has 1 amide bonds. The zero-order valence-electron chi connectivity index (χ0n) is 14.2. The molecule has 0 radical (unpaired) electrons. The zero-order chi connectivity index (χ0) is 17.9. The fraction of sp³-hybridized carbons (Fsp3) is 0.278. The van der Waals surface area contributed by atoms with E-state index in [1.54, 1.807) is 31.1 Å². The molecule has 0 aliphatic heterocycles. The van der Waals surface area contributed by atoms with Gasteiger partial charge in [0.15, 0.2) is 0 Å². The number of carbonyl (C=O) groups is 1. The van der Waals surface area contributed by atoms with Crippen LogP contribution in [0.5, 0.6) is 0 Å². The number of nitro groups is 1. The van der Waals surface area contributed by atoms with Crippen molar-refractivity contribution in [2.45, 2.75) is 19.9 Å². The molecule has 1 unspecified atom stereocenters. The van der Waals surface area contributed by atoms with E-state index in [-0.39, 0.29) is 11.6 Å². The molecule has 0 heterocycles. The average Bonchev–Trinajstić information content (AvgIpc) is 2.51. The molecule has 0 fully saturated rings. The fourth-order valence-electron chi connectivity index (χ4n) is 2.67. The zero-order valence-corrected chi connectivity index (χ0v) is 14.2. The molecule has 0 aliphatic carbocycles. The molecule has 1 N–H and O–H groups in total. The van der Waals surface area contributed by atoms with E-state index in [9.17, 15) is 14.9 Å². The number of hydrogen-bond acceptors (Lipinski definition) is 4. The van der Waals surface area contributed by atoms with Gasteiger partial charge in [0, 0.05) is 17.8 Å². The van der Waals surface area contributed by atoms with Gasteiger partial charge in [-0.25, -0.2) is 0 Å². The molecule has 0 bridgehead atoms. The number of benzene rings is 2. The number of aryl methyl sites for hydroxylation is 2. The SMILES string of the molecule is Cc1cccc(C)c1NC(=O)C(c1ccc([N+](=O)[O-])cc1)N(C)C. The lowest BCUT2D eigenvalue weighted by molar-refractivity contribution is -0.384. The van der Waals surface area contributed by atoms with Crippen molar-refractivity contribution in [1.29, 1.82) is 0 Å². The summed E-state index contributed by atoms with van der Waals surface area (Å²) in [6.45, 7) is 3.89. The van der Waals surface area contributed by atoms with Gasteiger partial charge in [-0.1, -0.05) is 30.3 Å². The number of hydrogen-bond donors (Lipinski definition) is 1. The summed E-state index contributed by atoms with van der Waals surface area (Å²) in [6.07, 6.45) is 0. The molecule has 0 saturated heterocycles. The van der Waals surface area contributed by atoms with Crippen molar-refractivity contribution >= 4 is 17.3 Å². The average molecular weight is 327 g/mol. The van der Waals surface area contributed by atoms with Crippen molar-refractivity contribution in [3.05, 3.63) is 69.3 Å². The lowest BCUT2D eigenvalue weighted by atomic mass is 10.0. The second kappa shape index (κ2) is 7.23. The van der Waals surface area contributed by atoms with Crippen molar-refractivity contribution in [1.82, 2.24) is 4.90 Å². The summed E-state index contributed by atoms with van der Waals surface area (Å²) < 4.78 is 0. The number of nitrogens with one attached hydrogen (secondary N) is 1. The second-order valence-electron chi connectivity index (χ2n) is 5.97. The molecule has 6 heteroatoms. The van der Waals surface area contributed by atoms with E-state index >= 15 is 0 Å². The van der Waals surface area contributed by atoms with Gasteiger partial charge in [-0.2, -0.15) is 0 Å². The molecule has 24 heavy (non-hydrogen) atoms. The first-order chi connectivity index (χ1) is 11.3. The van der Waals surface area contributed by atoms with Crippen molar-refractivity contribution in [2.75, 3.05) is 19.4 Å². The van der Waals surface area contributed by atoms with E-state index < -0.39 is 11.0 Å². The Labute approximate surface area is 141 Å². The maximum absolute atomic E-state index is 12.8. The number of para-hydroxylation sites is 1. The largest absolute Gasteiger partial charge is 0.324 e. The highest BCUT2D eigenvalue weighted by molar-refractivity contribution is 5.96. The number of likely N-dealkylation sites (N-methyl/N-ethyl adjacent to an activating group) is 1.